The number of nitrogens with one attached hydrogen (secondary N) is 2. The lowest BCUT2D eigenvalue weighted by molar-refractivity contribution is 0.103. The zero-order valence-corrected chi connectivity index (χ0v) is 38.1. The molecule has 0 saturated heterocycles. The van der Waals surface area contributed by atoms with Crippen LogP contribution in [0.15, 0.2) is 121 Å². The Morgan fingerprint density at radius 1 is 0.406 bits per heavy atom. The molecule has 0 aliphatic rings. The summed E-state index contributed by atoms with van der Waals surface area (Å²) in [4.78, 5) is 27.8. The van der Waals surface area contributed by atoms with Gasteiger partial charge in [-0.25, -0.2) is 0 Å². The minimum atomic E-state index is 0.0327. The topological polar surface area (TPSA) is 91.7 Å². The van der Waals surface area contributed by atoms with Crippen LogP contribution in [-0.4, -0.2) is 32.1 Å². The lowest BCUT2D eigenvalue weighted by atomic mass is 9.92. The van der Waals surface area contributed by atoms with E-state index in [9.17, 15) is 20.4 Å². The van der Waals surface area contributed by atoms with E-state index in [0.717, 1.165) is 123 Å². The number of aromatic nitrogens is 2. The largest absolute Gasteiger partial charge is 0.341 e. The van der Waals surface area contributed by atoms with Crippen molar-refractivity contribution in [3.63, 3.8) is 0 Å². The van der Waals surface area contributed by atoms with Gasteiger partial charge in [0.15, 0.2) is 11.6 Å². The third-order valence-electron chi connectivity index (χ3n) is 13.2. The summed E-state index contributed by atoms with van der Waals surface area (Å²) >= 11 is 0. The van der Waals surface area contributed by atoms with Crippen LogP contribution >= 0.6 is 0 Å². The zero-order valence-electron chi connectivity index (χ0n) is 38.1. The molecule has 0 fully saturated rings. The standard InChI is InChI=1S/C58H54N4O2/c1-9-61-51-19-15-41(29-45(51)47-31-43(17-21-53(47)61)57(63)55-35(5)23-33(3)24-36(55)6)49(59)27-39-11-13-40(14-12-39)28-50(60)42-16-20-52-46(30-42)48-32-44(18-22-54(48)62(52)10-2)58(64)56-37(7)25-34(4)26-38(56)8/h11-26,29-32,59-60H,9-10,27-28H2,1-8H3. The number of nitrogens with zero attached hydrogens (tertiary/aromatic N) is 2. The van der Waals surface area contributed by atoms with Crippen LogP contribution < -0.4 is 0 Å². The molecule has 0 bridgehead atoms. The van der Waals surface area contributed by atoms with Crippen LogP contribution in [0.3, 0.4) is 0 Å². The molecule has 9 rings (SSSR count). The molecule has 9 aromatic rings. The Morgan fingerprint density at radius 3 is 0.984 bits per heavy atom. The Morgan fingerprint density at radius 2 is 0.688 bits per heavy atom. The molecule has 0 aliphatic carbocycles. The molecule has 2 N–H and O–H groups in total. The normalized spacial score (nSPS) is 11.6. The van der Waals surface area contributed by atoms with Crippen molar-refractivity contribution in [2.24, 2.45) is 0 Å². The van der Waals surface area contributed by atoms with Crippen LogP contribution in [0.5, 0.6) is 0 Å². The van der Waals surface area contributed by atoms with Gasteiger partial charge in [-0.1, -0.05) is 71.8 Å². The predicted molar refractivity (Wildman–Crippen MR) is 266 cm³/mol. The average Bonchev–Trinajstić information content (AvgIpc) is 3.76. The van der Waals surface area contributed by atoms with E-state index in [1.54, 1.807) is 0 Å². The van der Waals surface area contributed by atoms with Crippen molar-refractivity contribution in [1.82, 2.24) is 9.13 Å². The summed E-state index contributed by atoms with van der Waals surface area (Å²) in [7, 11) is 0. The summed E-state index contributed by atoms with van der Waals surface area (Å²) in [5.41, 5.74) is 18.3. The molecule has 0 radical (unpaired) electrons. The van der Waals surface area contributed by atoms with Gasteiger partial charge in [-0.2, -0.15) is 0 Å². The fraction of sp³-hybridized carbons (Fsp3) is 0.207. The lowest BCUT2D eigenvalue weighted by Crippen LogP contribution is -2.07. The molecular weight excluding hydrogens is 785 g/mol. The van der Waals surface area contributed by atoms with Crippen LogP contribution in [-0.2, 0) is 25.9 Å². The van der Waals surface area contributed by atoms with Crippen LogP contribution in [0.2, 0.25) is 0 Å². The number of aryl methyl sites for hydroxylation is 8. The fourth-order valence-electron chi connectivity index (χ4n) is 10.3. The Kier molecular flexibility index (Phi) is 10.9. The number of hydrogen-bond acceptors (Lipinski definition) is 4. The third kappa shape index (κ3) is 7.37. The molecule has 2 aromatic heterocycles. The van der Waals surface area contributed by atoms with Crippen LogP contribution in [0.1, 0.15) is 101 Å². The highest BCUT2D eigenvalue weighted by atomic mass is 16.1. The minimum Gasteiger partial charge on any atom is -0.341 e. The first kappa shape index (κ1) is 42.1. The van der Waals surface area contributed by atoms with Gasteiger partial charge < -0.3 is 20.0 Å². The maximum Gasteiger partial charge on any atom is 0.193 e. The van der Waals surface area contributed by atoms with Crippen molar-refractivity contribution in [3.05, 3.63) is 199 Å². The monoisotopic (exact) mass is 838 g/mol. The Balaban J connectivity index is 0.942. The van der Waals surface area contributed by atoms with E-state index < -0.39 is 0 Å². The predicted octanol–water partition coefficient (Wildman–Crippen LogP) is 13.5. The zero-order chi connectivity index (χ0) is 45.1. The maximum absolute atomic E-state index is 13.9. The van der Waals surface area contributed by atoms with E-state index in [2.05, 4.69) is 122 Å². The molecule has 0 aliphatic heterocycles. The molecule has 0 amide bonds. The molecule has 318 valence electrons. The highest BCUT2D eigenvalue weighted by Crippen LogP contribution is 2.34. The lowest BCUT2D eigenvalue weighted by Gasteiger charge is -2.11. The first-order valence-corrected chi connectivity index (χ1v) is 22.3. The summed E-state index contributed by atoms with van der Waals surface area (Å²) in [5, 5.41) is 22.5. The second-order valence-corrected chi connectivity index (χ2v) is 17.7. The van der Waals surface area contributed by atoms with Crippen molar-refractivity contribution < 1.29 is 9.59 Å². The first-order valence-electron chi connectivity index (χ1n) is 22.3. The number of carbonyl (C=O) groups is 2. The number of benzene rings is 7. The van der Waals surface area contributed by atoms with E-state index in [-0.39, 0.29) is 11.6 Å². The van der Waals surface area contributed by atoms with E-state index in [0.29, 0.717) is 35.4 Å². The molecular formula is C58H54N4O2. The molecule has 7 aromatic carbocycles. The number of rotatable bonds is 12. The summed E-state index contributed by atoms with van der Waals surface area (Å²) in [6, 6.07) is 41.2. The second kappa shape index (κ2) is 16.5. The van der Waals surface area contributed by atoms with Gasteiger partial charge in [0, 0.05) is 103 Å². The van der Waals surface area contributed by atoms with Crippen LogP contribution in [0, 0.1) is 52.4 Å². The molecule has 2 heterocycles. The molecule has 0 spiro atoms. The quantitative estimate of drug-likeness (QED) is 0.0947. The summed E-state index contributed by atoms with van der Waals surface area (Å²) < 4.78 is 4.55. The highest BCUT2D eigenvalue weighted by molar-refractivity contribution is 6.18. The minimum absolute atomic E-state index is 0.0327. The number of hydrogen-bond donors (Lipinski definition) is 2. The third-order valence-corrected chi connectivity index (χ3v) is 13.2. The Hall–Kier alpha value is -7.18. The summed E-state index contributed by atoms with van der Waals surface area (Å²) in [5.74, 6) is 0.0653. The highest BCUT2D eigenvalue weighted by Gasteiger charge is 2.21. The molecule has 0 atom stereocenters. The van der Waals surface area contributed by atoms with Crippen molar-refractivity contribution in [2.75, 3.05) is 0 Å². The van der Waals surface area contributed by atoms with Crippen molar-refractivity contribution in [1.29, 1.82) is 10.8 Å². The Bertz CT molecular complexity index is 3160. The van der Waals surface area contributed by atoms with Gasteiger partial charge in [0.25, 0.3) is 0 Å². The second-order valence-electron chi connectivity index (χ2n) is 17.7. The molecule has 6 nitrogen and oxygen atoms in total. The number of carbonyl (C=O) groups excluding carboxylic acids is 2. The van der Waals surface area contributed by atoms with Gasteiger partial charge in [0.1, 0.15) is 0 Å². The van der Waals surface area contributed by atoms with Gasteiger partial charge >= 0.3 is 0 Å². The van der Waals surface area contributed by atoms with Gasteiger partial charge in [0.05, 0.1) is 0 Å². The summed E-state index contributed by atoms with van der Waals surface area (Å²) in [6.45, 7) is 18.0. The van der Waals surface area contributed by atoms with Crippen molar-refractivity contribution in [2.45, 2.75) is 81.3 Å². The number of fused-ring (bicyclic) bond motifs is 6. The van der Waals surface area contributed by atoms with Gasteiger partial charge in [-0.3, -0.25) is 9.59 Å². The van der Waals surface area contributed by atoms with E-state index in [4.69, 9.17) is 0 Å². The molecule has 0 unspecified atom stereocenters. The van der Waals surface area contributed by atoms with E-state index in [1.165, 1.54) is 0 Å². The van der Waals surface area contributed by atoms with E-state index >= 15 is 0 Å². The van der Waals surface area contributed by atoms with Crippen molar-refractivity contribution in [3.8, 4) is 0 Å². The van der Waals surface area contributed by atoms with Gasteiger partial charge in [-0.15, -0.1) is 0 Å². The Labute approximate surface area is 375 Å². The van der Waals surface area contributed by atoms with Crippen molar-refractivity contribution >= 4 is 66.6 Å². The smallest absolute Gasteiger partial charge is 0.193 e. The molecule has 0 saturated carbocycles. The van der Waals surface area contributed by atoms with Gasteiger partial charge in [-0.05, 0) is 161 Å². The van der Waals surface area contributed by atoms with E-state index in [1.807, 2.05) is 64.1 Å². The molecule has 64 heavy (non-hydrogen) atoms. The molecule has 6 heteroatoms. The van der Waals surface area contributed by atoms with Gasteiger partial charge in [0.2, 0.25) is 0 Å². The summed E-state index contributed by atoms with van der Waals surface area (Å²) in [6.07, 6.45) is 0.939. The van der Waals surface area contributed by atoms with Crippen LogP contribution in [0.4, 0.5) is 0 Å². The fourth-order valence-corrected chi connectivity index (χ4v) is 10.3. The van der Waals surface area contributed by atoms with Crippen LogP contribution in [0.25, 0.3) is 43.6 Å². The number of ketones is 2. The first-order chi connectivity index (χ1) is 30.7. The SMILES string of the molecule is CCn1c2ccc(C(=N)Cc3ccc(CC(=N)c4ccc5c(c4)c4cc(C(=O)c6c(C)cc(C)cc6C)ccc4n5CC)cc3)cc2c2cc(C(=O)c3c(C)cc(C)cc3C)ccc21. The maximum atomic E-state index is 13.9. The average molecular weight is 839 g/mol.